The quantitative estimate of drug-likeness (QED) is 0.148. The Morgan fingerprint density at radius 2 is 1.48 bits per heavy atom. The molecular weight excluding hydrogens is 677 g/mol. The van der Waals surface area contributed by atoms with E-state index in [0.29, 0.717) is 25.8 Å². The summed E-state index contributed by atoms with van der Waals surface area (Å²) in [6, 6.07) is 20.6. The molecule has 0 unspecified atom stereocenters. The van der Waals surface area contributed by atoms with Crippen LogP contribution in [-0.4, -0.2) is 71.3 Å². The van der Waals surface area contributed by atoms with Crippen LogP contribution in [0.25, 0.3) is 0 Å². The zero-order chi connectivity index (χ0) is 35.9. The summed E-state index contributed by atoms with van der Waals surface area (Å²) in [4.78, 5) is 25.6. The number of carboxylic acid groups (broad SMARTS) is 1. The molecule has 0 aliphatic heterocycles. The fraction of sp³-hybridized carbons (Fsp3) is 0.394. The van der Waals surface area contributed by atoms with Gasteiger partial charge in [0.1, 0.15) is 30.3 Å². The third kappa shape index (κ3) is 11.9. The van der Waals surface area contributed by atoms with Gasteiger partial charge in [0.2, 0.25) is 0 Å². The van der Waals surface area contributed by atoms with Crippen LogP contribution in [-0.2, 0) is 42.9 Å². The molecule has 3 aromatic carbocycles. The van der Waals surface area contributed by atoms with E-state index < -0.39 is 52.6 Å². The third-order valence-electron chi connectivity index (χ3n) is 6.64. The number of nitrogens with zero attached hydrogens (tertiary/aromatic N) is 2. The van der Waals surface area contributed by atoms with Gasteiger partial charge in [-0.1, -0.05) is 74.2 Å². The summed E-state index contributed by atoms with van der Waals surface area (Å²) in [7, 11) is -10.6. The summed E-state index contributed by atoms with van der Waals surface area (Å²) in [6.45, 7) is 9.68. The van der Waals surface area contributed by atoms with Crippen molar-refractivity contribution in [3.8, 4) is 11.5 Å². The van der Waals surface area contributed by atoms with Gasteiger partial charge in [-0.25, -0.2) is 9.10 Å². The van der Waals surface area contributed by atoms with E-state index in [1.807, 2.05) is 50.0 Å². The molecule has 0 bridgehead atoms. The number of anilines is 1. The number of carbonyl (C=O) groups excluding carboxylic acids is 1. The van der Waals surface area contributed by atoms with Gasteiger partial charge in [-0.2, -0.15) is 21.1 Å². The second-order valence-corrected chi connectivity index (χ2v) is 22.4. The number of ether oxygens (including phenoxy) is 2. The monoisotopic (exact) mass is 720 g/mol. The molecule has 0 fully saturated rings. The molecular formula is C33H44N2O10S2Si. The van der Waals surface area contributed by atoms with E-state index in [1.165, 1.54) is 12.1 Å². The van der Waals surface area contributed by atoms with Crippen LogP contribution < -0.4 is 13.2 Å². The average Bonchev–Trinajstić information content (AvgIpc) is 2.94. The average molecular weight is 721 g/mol. The van der Waals surface area contributed by atoms with Crippen LogP contribution in [0.5, 0.6) is 11.5 Å². The van der Waals surface area contributed by atoms with Gasteiger partial charge in [0, 0.05) is 26.6 Å². The van der Waals surface area contributed by atoms with Crippen molar-refractivity contribution in [2.75, 3.05) is 23.7 Å². The number of aliphatic carboxylic acids is 1. The Labute approximate surface area is 284 Å². The van der Waals surface area contributed by atoms with Crippen molar-refractivity contribution in [3.63, 3.8) is 0 Å². The lowest BCUT2D eigenvalue weighted by molar-refractivity contribution is -0.135. The van der Waals surface area contributed by atoms with Crippen LogP contribution in [0.4, 0.5) is 10.5 Å². The zero-order valence-corrected chi connectivity index (χ0v) is 30.9. The fourth-order valence-electron chi connectivity index (χ4n) is 4.42. The molecule has 3 aromatic rings. The number of hydrogen-bond acceptors (Lipinski definition) is 9. The predicted molar refractivity (Wildman–Crippen MR) is 187 cm³/mol. The van der Waals surface area contributed by atoms with E-state index in [-0.39, 0.29) is 36.8 Å². The molecule has 0 aliphatic carbocycles. The Morgan fingerprint density at radius 1 is 0.854 bits per heavy atom. The second-order valence-electron chi connectivity index (χ2n) is 13.4. The highest BCUT2D eigenvalue weighted by molar-refractivity contribution is 7.91. The second kappa shape index (κ2) is 15.4. The number of carbonyl (C=O) groups is 2. The number of para-hydroxylation sites is 1. The molecule has 0 radical (unpaired) electrons. The third-order valence-corrected chi connectivity index (χ3v) is 10.6. The minimum atomic E-state index is -4.84. The molecule has 48 heavy (non-hydrogen) atoms. The van der Waals surface area contributed by atoms with Crippen molar-refractivity contribution >= 4 is 46.2 Å². The smallest absolute Gasteiger partial charge is 0.425 e. The largest absolute Gasteiger partial charge is 0.487 e. The lowest BCUT2D eigenvalue weighted by Gasteiger charge is -2.33. The van der Waals surface area contributed by atoms with E-state index in [0.717, 1.165) is 11.8 Å². The van der Waals surface area contributed by atoms with Crippen LogP contribution in [0.3, 0.4) is 0 Å². The Kier molecular flexibility index (Phi) is 12.3. The van der Waals surface area contributed by atoms with Crippen molar-refractivity contribution in [1.29, 1.82) is 0 Å². The Morgan fingerprint density at radius 3 is 2.06 bits per heavy atom. The van der Waals surface area contributed by atoms with Gasteiger partial charge in [-0.3, -0.25) is 4.79 Å². The van der Waals surface area contributed by atoms with Crippen LogP contribution in [0.1, 0.15) is 37.5 Å². The van der Waals surface area contributed by atoms with Crippen molar-refractivity contribution in [3.05, 3.63) is 89.5 Å². The highest BCUT2D eigenvalue weighted by Gasteiger charge is 2.39. The molecule has 15 heteroatoms. The summed E-state index contributed by atoms with van der Waals surface area (Å²) >= 11 is 0. The Hall–Kier alpha value is -4.08. The number of carboxylic acids is 1. The summed E-state index contributed by atoms with van der Waals surface area (Å²) in [5.74, 6) is -1.31. The lowest BCUT2D eigenvalue weighted by atomic mass is 10.0. The van der Waals surface area contributed by atoms with Gasteiger partial charge in [0.25, 0.3) is 0 Å². The predicted octanol–water partition coefficient (Wildman–Crippen LogP) is 5.91. The van der Waals surface area contributed by atoms with Crippen molar-refractivity contribution in [1.82, 2.24) is 4.31 Å². The first-order valence-electron chi connectivity index (χ1n) is 15.2. The molecule has 1 amide bonds. The van der Waals surface area contributed by atoms with Crippen LogP contribution in [0.2, 0.25) is 25.7 Å². The standard InChI is InChI=1S/C33H44N2O10S2Si/c1-33(2,3)44-32(38)34(19-20-48(5,6)7)47(41,42)35(23-31(36)37)28-18-17-26(22-30(28)43-24-25-13-9-8-10-14-25)21-27-15-11-12-16-29(27)45-46(4,39)40/h8-18,22H,19-21,23-24H2,1-7H3,(H,36,37). The van der Waals surface area contributed by atoms with Gasteiger partial charge in [0.15, 0.2) is 0 Å². The van der Waals surface area contributed by atoms with Crippen molar-refractivity contribution < 1.29 is 45.2 Å². The molecule has 0 heterocycles. The Balaban J connectivity index is 2.17. The molecule has 0 saturated heterocycles. The lowest BCUT2D eigenvalue weighted by Crippen LogP contribution is -2.51. The minimum absolute atomic E-state index is 0.0113. The zero-order valence-electron chi connectivity index (χ0n) is 28.3. The van der Waals surface area contributed by atoms with Gasteiger partial charge in [-0.05, 0) is 56.1 Å². The maximum atomic E-state index is 14.4. The van der Waals surface area contributed by atoms with Crippen LogP contribution in [0, 0.1) is 0 Å². The Bertz CT molecular complexity index is 1800. The van der Waals surface area contributed by atoms with Gasteiger partial charge >= 0.3 is 32.4 Å². The normalized spacial score (nSPS) is 12.2. The topological polar surface area (TPSA) is 157 Å². The highest BCUT2D eigenvalue weighted by atomic mass is 32.2. The van der Waals surface area contributed by atoms with E-state index in [4.69, 9.17) is 13.7 Å². The number of hydrogen-bond donors (Lipinski definition) is 1. The number of benzene rings is 3. The first-order chi connectivity index (χ1) is 22.1. The molecule has 0 aliphatic rings. The van der Waals surface area contributed by atoms with Crippen molar-refractivity contribution in [2.45, 2.75) is 65.1 Å². The van der Waals surface area contributed by atoms with E-state index in [9.17, 15) is 31.5 Å². The molecule has 0 aromatic heterocycles. The number of amides is 1. The van der Waals surface area contributed by atoms with E-state index in [1.54, 1.807) is 51.1 Å². The van der Waals surface area contributed by atoms with Gasteiger partial charge in [0.05, 0.1) is 11.9 Å². The first kappa shape index (κ1) is 38.4. The molecule has 0 atom stereocenters. The molecule has 1 N–H and O–H groups in total. The molecule has 0 saturated carbocycles. The summed E-state index contributed by atoms with van der Waals surface area (Å²) in [5.41, 5.74) is 0.742. The van der Waals surface area contributed by atoms with E-state index in [2.05, 4.69) is 0 Å². The molecule has 3 rings (SSSR count). The van der Waals surface area contributed by atoms with Gasteiger partial charge < -0.3 is 18.8 Å². The molecule has 12 nitrogen and oxygen atoms in total. The summed E-state index contributed by atoms with van der Waals surface area (Å²) in [6.07, 6.45) is -0.0166. The first-order valence-corrected chi connectivity index (χ1v) is 22.1. The fourth-order valence-corrected chi connectivity index (χ4v) is 7.43. The molecule has 0 spiro atoms. The maximum Gasteiger partial charge on any atom is 0.425 e. The minimum Gasteiger partial charge on any atom is -0.487 e. The number of rotatable bonds is 15. The van der Waals surface area contributed by atoms with Crippen molar-refractivity contribution in [2.24, 2.45) is 0 Å². The summed E-state index contributed by atoms with van der Waals surface area (Å²) < 4.78 is 70.5. The molecule has 262 valence electrons. The highest BCUT2D eigenvalue weighted by Crippen LogP contribution is 2.35. The maximum absolute atomic E-state index is 14.4. The SMILES string of the molecule is CC(C)(C)OC(=O)N(CC[Si](C)(C)C)S(=O)(=O)N(CC(=O)O)c1ccc(Cc2ccccc2OS(C)(=O)=O)cc1OCc1ccccc1. The summed E-state index contributed by atoms with van der Waals surface area (Å²) in [5, 5.41) is 9.91. The van der Waals surface area contributed by atoms with Crippen LogP contribution >= 0.6 is 0 Å². The van der Waals surface area contributed by atoms with Gasteiger partial charge in [-0.15, -0.1) is 0 Å². The van der Waals surface area contributed by atoms with Crippen LogP contribution in [0.15, 0.2) is 72.8 Å². The van der Waals surface area contributed by atoms with E-state index >= 15 is 0 Å².